The number of rotatable bonds is 3. The third-order valence-corrected chi connectivity index (χ3v) is 3.61. The first kappa shape index (κ1) is 16.0. The van der Waals surface area contributed by atoms with Crippen molar-refractivity contribution < 1.29 is 4.79 Å². The van der Waals surface area contributed by atoms with E-state index in [0.29, 0.717) is 5.92 Å². The zero-order chi connectivity index (χ0) is 13.1. The maximum absolute atomic E-state index is 11.9. The first-order valence-electron chi connectivity index (χ1n) is 6.58. The van der Waals surface area contributed by atoms with Gasteiger partial charge in [-0.05, 0) is 25.7 Å². The maximum atomic E-state index is 11.9. The number of amides is 1. The van der Waals surface area contributed by atoms with Gasteiger partial charge in [0.15, 0.2) is 0 Å². The summed E-state index contributed by atoms with van der Waals surface area (Å²) in [5.74, 6) is 1.66. The molecule has 5 nitrogen and oxygen atoms in total. The number of nitrogens with zero attached hydrogens (tertiary/aromatic N) is 3. The number of carbonyl (C=O) groups excluding carboxylic acids is 1. The monoisotopic (exact) mass is 286 g/mol. The summed E-state index contributed by atoms with van der Waals surface area (Å²) >= 11 is 0. The Morgan fingerprint density at radius 3 is 2.95 bits per heavy atom. The molecule has 0 aliphatic carbocycles. The molecule has 108 valence electrons. The topological polar surface area (TPSA) is 64.2 Å². The lowest BCUT2D eigenvalue weighted by molar-refractivity contribution is -0.134. The van der Waals surface area contributed by atoms with Crippen LogP contribution < -0.4 is 5.73 Å². The number of hydrogen-bond donors (Lipinski definition) is 1. The van der Waals surface area contributed by atoms with Gasteiger partial charge < -0.3 is 15.2 Å². The fraction of sp³-hybridized carbons (Fsp3) is 0.692. The van der Waals surface area contributed by atoms with Gasteiger partial charge in [0.05, 0.1) is 6.04 Å². The molecule has 1 aromatic rings. The molecule has 1 saturated heterocycles. The lowest BCUT2D eigenvalue weighted by atomic mass is 9.94. The minimum atomic E-state index is -0.392. The molecule has 1 aliphatic heterocycles. The van der Waals surface area contributed by atoms with E-state index in [1.165, 1.54) is 0 Å². The molecule has 1 aliphatic rings. The third-order valence-electron chi connectivity index (χ3n) is 3.61. The molecule has 0 saturated carbocycles. The number of piperidine rings is 1. The van der Waals surface area contributed by atoms with Crippen LogP contribution in [0.4, 0.5) is 0 Å². The van der Waals surface area contributed by atoms with Crippen molar-refractivity contribution >= 4 is 18.3 Å². The van der Waals surface area contributed by atoms with Crippen molar-refractivity contribution in [3.63, 3.8) is 0 Å². The Balaban J connectivity index is 0.00000180. The van der Waals surface area contributed by atoms with Crippen molar-refractivity contribution in [3.8, 4) is 0 Å². The van der Waals surface area contributed by atoms with E-state index >= 15 is 0 Å². The highest BCUT2D eigenvalue weighted by molar-refractivity contribution is 5.85. The molecule has 1 amide bonds. The number of likely N-dealkylation sites (tertiary alicyclic amines) is 1. The highest BCUT2D eigenvalue weighted by Crippen LogP contribution is 2.20. The number of aryl methyl sites for hydroxylation is 1. The van der Waals surface area contributed by atoms with E-state index in [9.17, 15) is 4.79 Å². The standard InChI is InChI=1S/C13H22N4O.ClH/c1-10(14)13(18)17-6-3-4-11(9-17)8-12-15-5-7-16(12)2;/h5,7,10-11H,3-4,6,8-9,14H2,1-2H3;1H/t10-,11?;/m1./s1. The summed E-state index contributed by atoms with van der Waals surface area (Å²) in [5, 5.41) is 0. The van der Waals surface area contributed by atoms with Crippen LogP contribution in [0.25, 0.3) is 0 Å². The molecule has 0 spiro atoms. The predicted molar refractivity (Wildman–Crippen MR) is 77.1 cm³/mol. The first-order valence-corrected chi connectivity index (χ1v) is 6.58. The Morgan fingerprint density at radius 2 is 2.37 bits per heavy atom. The average Bonchev–Trinajstić information content (AvgIpc) is 2.74. The van der Waals surface area contributed by atoms with Crippen LogP contribution in [0.1, 0.15) is 25.6 Å². The first-order chi connectivity index (χ1) is 8.58. The van der Waals surface area contributed by atoms with Gasteiger partial charge in [0.25, 0.3) is 0 Å². The SMILES string of the molecule is C[C@@H](N)C(=O)N1CCCC(Cc2nccn2C)C1.Cl. The molecule has 6 heteroatoms. The summed E-state index contributed by atoms with van der Waals surface area (Å²) in [6.07, 6.45) is 6.95. The van der Waals surface area contributed by atoms with Crippen LogP contribution in [0.5, 0.6) is 0 Å². The summed E-state index contributed by atoms with van der Waals surface area (Å²) in [6, 6.07) is -0.392. The number of aromatic nitrogens is 2. The Morgan fingerprint density at radius 1 is 1.63 bits per heavy atom. The van der Waals surface area contributed by atoms with Gasteiger partial charge in [0, 0.05) is 39.0 Å². The number of nitrogens with two attached hydrogens (primary N) is 1. The van der Waals surface area contributed by atoms with Gasteiger partial charge in [-0.15, -0.1) is 12.4 Å². The molecule has 1 unspecified atom stereocenters. The summed E-state index contributed by atoms with van der Waals surface area (Å²) in [6.45, 7) is 3.41. The van der Waals surface area contributed by atoms with E-state index in [4.69, 9.17) is 5.73 Å². The molecule has 1 fully saturated rings. The fourth-order valence-corrected chi connectivity index (χ4v) is 2.57. The second-order valence-electron chi connectivity index (χ2n) is 5.24. The van der Waals surface area contributed by atoms with E-state index in [-0.39, 0.29) is 18.3 Å². The van der Waals surface area contributed by atoms with Crippen LogP contribution in [0, 0.1) is 5.92 Å². The number of carbonyl (C=O) groups is 1. The van der Waals surface area contributed by atoms with Crippen LogP contribution in [-0.4, -0.2) is 39.5 Å². The molecule has 19 heavy (non-hydrogen) atoms. The zero-order valence-corrected chi connectivity index (χ0v) is 12.4. The molecule has 2 atom stereocenters. The lowest BCUT2D eigenvalue weighted by Gasteiger charge is -2.33. The molecule has 2 N–H and O–H groups in total. The van der Waals surface area contributed by atoms with Crippen LogP contribution in [-0.2, 0) is 18.3 Å². The molecular formula is C13H23ClN4O. The second kappa shape index (κ2) is 6.91. The van der Waals surface area contributed by atoms with Crippen LogP contribution in [0.15, 0.2) is 12.4 Å². The van der Waals surface area contributed by atoms with Gasteiger partial charge in [-0.1, -0.05) is 0 Å². The van der Waals surface area contributed by atoms with Crippen LogP contribution in [0.2, 0.25) is 0 Å². The van der Waals surface area contributed by atoms with Crippen molar-refractivity contribution in [1.29, 1.82) is 0 Å². The van der Waals surface area contributed by atoms with Crippen LogP contribution in [0.3, 0.4) is 0 Å². The Labute approximate surface area is 120 Å². The maximum Gasteiger partial charge on any atom is 0.239 e. The highest BCUT2D eigenvalue weighted by atomic mass is 35.5. The summed E-state index contributed by atoms with van der Waals surface area (Å²) in [4.78, 5) is 18.1. The van der Waals surface area contributed by atoms with Gasteiger partial charge in [-0.25, -0.2) is 4.98 Å². The molecule has 0 aromatic carbocycles. The molecule has 2 heterocycles. The normalized spacial score (nSPS) is 20.8. The van der Waals surface area contributed by atoms with Crippen molar-refractivity contribution in [3.05, 3.63) is 18.2 Å². The fourth-order valence-electron chi connectivity index (χ4n) is 2.57. The van der Waals surface area contributed by atoms with Crippen molar-refractivity contribution in [2.45, 2.75) is 32.2 Å². The molecule has 0 radical (unpaired) electrons. The minimum Gasteiger partial charge on any atom is -0.341 e. The summed E-state index contributed by atoms with van der Waals surface area (Å²) in [5.41, 5.74) is 5.66. The molecule has 2 rings (SSSR count). The van der Waals surface area contributed by atoms with Gasteiger partial charge in [0.2, 0.25) is 5.91 Å². The number of halogens is 1. The smallest absolute Gasteiger partial charge is 0.239 e. The van der Waals surface area contributed by atoms with E-state index in [0.717, 1.165) is 38.2 Å². The van der Waals surface area contributed by atoms with Gasteiger partial charge in [-0.3, -0.25) is 4.79 Å². The Hall–Kier alpha value is -1.07. The molecular weight excluding hydrogens is 264 g/mol. The highest BCUT2D eigenvalue weighted by Gasteiger charge is 2.26. The average molecular weight is 287 g/mol. The molecule has 0 bridgehead atoms. The third kappa shape index (κ3) is 3.94. The van der Waals surface area contributed by atoms with Gasteiger partial charge in [0.1, 0.15) is 5.82 Å². The number of imidazole rings is 1. The van der Waals surface area contributed by atoms with Crippen LogP contribution >= 0.6 is 12.4 Å². The van der Waals surface area contributed by atoms with E-state index in [2.05, 4.69) is 4.98 Å². The lowest BCUT2D eigenvalue weighted by Crippen LogP contribution is -2.47. The molecule has 1 aromatic heterocycles. The van der Waals surface area contributed by atoms with Crippen molar-refractivity contribution in [1.82, 2.24) is 14.5 Å². The van der Waals surface area contributed by atoms with Crippen molar-refractivity contribution in [2.24, 2.45) is 18.7 Å². The quantitative estimate of drug-likeness (QED) is 0.900. The Bertz CT molecular complexity index is 419. The zero-order valence-electron chi connectivity index (χ0n) is 11.6. The Kier molecular flexibility index (Phi) is 5.82. The largest absolute Gasteiger partial charge is 0.341 e. The van der Waals surface area contributed by atoms with E-state index < -0.39 is 6.04 Å². The van der Waals surface area contributed by atoms with E-state index in [1.807, 2.05) is 28.9 Å². The van der Waals surface area contributed by atoms with Gasteiger partial charge in [-0.2, -0.15) is 0 Å². The van der Waals surface area contributed by atoms with E-state index in [1.54, 1.807) is 6.92 Å². The summed E-state index contributed by atoms with van der Waals surface area (Å²) in [7, 11) is 2.01. The number of hydrogen-bond acceptors (Lipinski definition) is 3. The van der Waals surface area contributed by atoms with Gasteiger partial charge >= 0.3 is 0 Å². The summed E-state index contributed by atoms with van der Waals surface area (Å²) < 4.78 is 2.05. The van der Waals surface area contributed by atoms with Crippen molar-refractivity contribution in [2.75, 3.05) is 13.1 Å². The predicted octanol–water partition coefficient (Wildman–Crippen LogP) is 0.970. The second-order valence-corrected chi connectivity index (χ2v) is 5.24. The minimum absolute atomic E-state index is 0.